The first kappa shape index (κ1) is 36.2. The number of benzene rings is 7. The maximum atomic E-state index is 15.0. The zero-order valence-electron chi connectivity index (χ0n) is 34.4. The normalized spacial score (nSPS) is 13.1. The summed E-state index contributed by atoms with van der Waals surface area (Å²) in [5.41, 5.74) is 1.06. The second-order valence-corrected chi connectivity index (χ2v) is 17.9. The van der Waals surface area contributed by atoms with Gasteiger partial charge in [-0.05, 0) is 69.5 Å². The number of aromatic nitrogens is 4. The summed E-state index contributed by atoms with van der Waals surface area (Å²) in [6.07, 6.45) is 0. The molecule has 0 fully saturated rings. The Labute approximate surface area is 334 Å². The molecule has 7 aromatic carbocycles. The molecular weight excluding hydrogens is 721 g/mol. The molecule has 8 nitrogen and oxygen atoms in total. The fraction of sp³-hybridized carbons (Fsp3) is 0.300. The van der Waals surface area contributed by atoms with E-state index in [4.69, 9.17) is 4.98 Å². The molecule has 0 aliphatic rings. The van der Waals surface area contributed by atoms with Gasteiger partial charge in [-0.15, -0.1) is 0 Å². The molecule has 0 atom stereocenters. The highest BCUT2D eigenvalue weighted by Gasteiger charge is 2.31. The lowest BCUT2D eigenvalue weighted by atomic mass is 9.84. The number of nitrogens with zero attached hydrogens (tertiary/aromatic N) is 4. The molecule has 0 saturated heterocycles. The number of hydrogen-bond acceptors (Lipinski definition) is 5. The van der Waals surface area contributed by atoms with E-state index in [2.05, 4.69) is 84.2 Å². The van der Waals surface area contributed by atoms with Crippen LogP contribution < -0.4 is 22.2 Å². The number of rotatable bonds is 7. The molecule has 0 saturated carbocycles. The first-order chi connectivity index (χ1) is 27.7. The maximum Gasteiger partial charge on any atom is 0.261 e. The van der Waals surface area contributed by atoms with Crippen LogP contribution in [0.15, 0.2) is 98.0 Å². The van der Waals surface area contributed by atoms with E-state index in [0.29, 0.717) is 43.7 Å². The van der Waals surface area contributed by atoms with E-state index in [1.165, 1.54) is 9.13 Å². The van der Waals surface area contributed by atoms with Crippen LogP contribution in [0.2, 0.25) is 0 Å². The van der Waals surface area contributed by atoms with Gasteiger partial charge in [0.15, 0.2) is 0 Å². The van der Waals surface area contributed by atoms with Crippen LogP contribution in [0.3, 0.4) is 0 Å². The summed E-state index contributed by atoms with van der Waals surface area (Å²) in [4.78, 5) is 64.8. The highest BCUT2D eigenvalue weighted by Crippen LogP contribution is 2.48. The number of aryl methyl sites for hydroxylation is 1. The van der Waals surface area contributed by atoms with E-state index < -0.39 is 0 Å². The average molecular weight is 767 g/mol. The second-order valence-electron chi connectivity index (χ2n) is 17.9. The Balaban J connectivity index is 1.52. The molecule has 0 bridgehead atoms. The van der Waals surface area contributed by atoms with E-state index in [9.17, 15) is 19.2 Å². The number of fused-ring (bicyclic) bond motifs is 2. The lowest BCUT2D eigenvalue weighted by Crippen LogP contribution is -2.40. The molecule has 0 unspecified atom stereocenters. The Bertz CT molecular complexity index is 3570. The van der Waals surface area contributed by atoms with Crippen molar-refractivity contribution >= 4 is 86.4 Å². The summed E-state index contributed by atoms with van der Waals surface area (Å²) in [5.74, 6) is 0.830. The topological polar surface area (TPSA) is 96.0 Å². The van der Waals surface area contributed by atoms with Crippen molar-refractivity contribution < 1.29 is 0 Å². The molecular formula is C50H46N4O4. The smallest absolute Gasteiger partial charge is 0.261 e. The molecule has 0 N–H and O–H groups in total. The second kappa shape index (κ2) is 12.4. The quantitative estimate of drug-likeness (QED) is 0.119. The van der Waals surface area contributed by atoms with Crippen LogP contribution in [0, 0.1) is 23.7 Å². The third-order valence-corrected chi connectivity index (χ3v) is 13.1. The van der Waals surface area contributed by atoms with Crippen molar-refractivity contribution in [3.05, 3.63) is 120 Å². The third-order valence-electron chi connectivity index (χ3n) is 13.1. The van der Waals surface area contributed by atoms with Gasteiger partial charge in [-0.1, -0.05) is 110 Å². The standard InChI is InChI=1S/C50H46N4O4/c1-23(2)44(24(3)4)53-47(55)32-19-17-29-30-18-20-33-39-35(50(58)54(48(33)56)45(25(5)6)26(7)8)22-37-43(41(30)39)42-36(21-34(49(53)57)38(32)40(29)42)51-46(52(37)9)31-16-12-14-27-13-10-11-15-28(27)31/h10-26,44-45H,1-9H3. The molecule has 290 valence electrons. The molecule has 0 spiro atoms. The Morgan fingerprint density at radius 2 is 0.914 bits per heavy atom. The fourth-order valence-corrected chi connectivity index (χ4v) is 11.0. The monoisotopic (exact) mass is 766 g/mol. The Hall–Kier alpha value is -6.15. The molecule has 10 aromatic rings. The molecule has 0 aliphatic carbocycles. The van der Waals surface area contributed by atoms with Gasteiger partial charge >= 0.3 is 0 Å². The van der Waals surface area contributed by atoms with Crippen LogP contribution in [0.4, 0.5) is 0 Å². The first-order valence-electron chi connectivity index (χ1n) is 20.6. The summed E-state index contributed by atoms with van der Waals surface area (Å²) >= 11 is 0. The maximum absolute atomic E-state index is 15.0. The summed E-state index contributed by atoms with van der Waals surface area (Å²) in [6, 6.07) is 25.3. The minimum absolute atomic E-state index is 0.0419. The van der Waals surface area contributed by atoms with Gasteiger partial charge in [-0.2, -0.15) is 0 Å². The summed E-state index contributed by atoms with van der Waals surface area (Å²) in [5, 5.41) is 10.2. The van der Waals surface area contributed by atoms with Crippen molar-refractivity contribution in [2.45, 2.75) is 67.5 Å². The van der Waals surface area contributed by atoms with Crippen LogP contribution in [0.5, 0.6) is 0 Å². The average Bonchev–Trinajstić information content (AvgIpc) is 3.31. The lowest BCUT2D eigenvalue weighted by molar-refractivity contribution is 0.277. The lowest BCUT2D eigenvalue weighted by Gasteiger charge is -2.28. The van der Waals surface area contributed by atoms with Gasteiger partial charge in [-0.25, -0.2) is 4.98 Å². The number of hydrogen-bond donors (Lipinski definition) is 0. The van der Waals surface area contributed by atoms with Gasteiger partial charge in [-0.3, -0.25) is 28.3 Å². The first-order valence-corrected chi connectivity index (χ1v) is 20.6. The highest BCUT2D eigenvalue weighted by atomic mass is 16.2. The molecule has 8 heteroatoms. The zero-order valence-corrected chi connectivity index (χ0v) is 34.4. The summed E-state index contributed by atoms with van der Waals surface area (Å²) in [7, 11) is 1.98. The van der Waals surface area contributed by atoms with Crippen molar-refractivity contribution in [2.24, 2.45) is 30.7 Å². The van der Waals surface area contributed by atoms with Crippen molar-refractivity contribution in [2.75, 3.05) is 0 Å². The molecule has 0 radical (unpaired) electrons. The van der Waals surface area contributed by atoms with Crippen LogP contribution >= 0.6 is 0 Å². The van der Waals surface area contributed by atoms with E-state index in [1.807, 2.05) is 61.6 Å². The summed E-state index contributed by atoms with van der Waals surface area (Å²) < 4.78 is 5.04. The molecule has 0 aliphatic heterocycles. The predicted molar refractivity (Wildman–Crippen MR) is 241 cm³/mol. The van der Waals surface area contributed by atoms with E-state index in [1.54, 1.807) is 0 Å². The van der Waals surface area contributed by atoms with Gasteiger partial charge in [0, 0.05) is 67.8 Å². The fourth-order valence-electron chi connectivity index (χ4n) is 11.0. The van der Waals surface area contributed by atoms with Crippen LogP contribution in [0.1, 0.15) is 67.5 Å². The van der Waals surface area contributed by atoms with E-state index in [-0.39, 0.29) is 58.0 Å². The predicted octanol–water partition coefficient (Wildman–Crippen LogP) is 10.4. The van der Waals surface area contributed by atoms with E-state index in [0.717, 1.165) is 54.2 Å². The van der Waals surface area contributed by atoms with Gasteiger partial charge in [0.1, 0.15) is 5.82 Å². The zero-order chi connectivity index (χ0) is 40.8. The van der Waals surface area contributed by atoms with Gasteiger partial charge in [0.25, 0.3) is 22.2 Å². The largest absolute Gasteiger partial charge is 0.328 e. The SMILES string of the molecule is CC(C)C(C(C)C)n1c(=O)c2ccc3c4ccc5c(=O)n(C(C(C)C)C(C)C)c(=O)c6cc7c(c8c(cc(c1=O)c2c38)nc(-c1cccc2ccccc12)n7C)c4c56. The van der Waals surface area contributed by atoms with Gasteiger partial charge in [0.2, 0.25) is 0 Å². The van der Waals surface area contributed by atoms with Gasteiger partial charge < -0.3 is 4.57 Å². The minimum atomic E-state index is -0.318. The Morgan fingerprint density at radius 1 is 0.448 bits per heavy atom. The third kappa shape index (κ3) is 4.60. The van der Waals surface area contributed by atoms with Crippen molar-refractivity contribution in [3.63, 3.8) is 0 Å². The van der Waals surface area contributed by atoms with Crippen molar-refractivity contribution in [3.8, 4) is 11.4 Å². The molecule has 3 aromatic heterocycles. The Morgan fingerprint density at radius 3 is 1.47 bits per heavy atom. The van der Waals surface area contributed by atoms with Crippen LogP contribution in [0.25, 0.3) is 97.8 Å². The van der Waals surface area contributed by atoms with Crippen LogP contribution in [-0.2, 0) is 7.05 Å². The molecule has 0 amide bonds. The highest BCUT2D eigenvalue weighted by molar-refractivity contribution is 6.44. The van der Waals surface area contributed by atoms with Crippen molar-refractivity contribution in [1.29, 1.82) is 0 Å². The van der Waals surface area contributed by atoms with Crippen LogP contribution in [-0.4, -0.2) is 18.7 Å². The Kier molecular flexibility index (Phi) is 7.76. The van der Waals surface area contributed by atoms with Crippen molar-refractivity contribution in [1.82, 2.24) is 18.7 Å². The minimum Gasteiger partial charge on any atom is -0.328 e. The van der Waals surface area contributed by atoms with E-state index >= 15 is 0 Å². The molecule has 10 rings (SSSR count). The molecule has 3 heterocycles. The summed E-state index contributed by atoms with van der Waals surface area (Å²) in [6.45, 7) is 16.5. The van der Waals surface area contributed by atoms with Gasteiger partial charge in [0.05, 0.1) is 21.8 Å². The number of pyridine rings is 2. The molecule has 58 heavy (non-hydrogen) atoms.